The number of hydrogen-bond donors (Lipinski definition) is 2. The number of anilines is 2. The first-order valence-electron chi connectivity index (χ1n) is 13.4. The molecule has 10 nitrogen and oxygen atoms in total. The summed E-state index contributed by atoms with van der Waals surface area (Å²) < 4.78 is 1.67. The molecule has 0 bridgehead atoms. The third-order valence-corrected chi connectivity index (χ3v) is 9.30. The molecule has 5 heterocycles. The third-order valence-electron chi connectivity index (χ3n) is 8.27. The van der Waals surface area contributed by atoms with Gasteiger partial charge in [-0.05, 0) is 63.8 Å². The van der Waals surface area contributed by atoms with Crippen molar-refractivity contribution in [1.29, 1.82) is 0 Å². The van der Waals surface area contributed by atoms with Gasteiger partial charge in [-0.1, -0.05) is 13.3 Å². The summed E-state index contributed by atoms with van der Waals surface area (Å²) in [7, 11) is 2.09. The highest BCUT2D eigenvalue weighted by Gasteiger charge is 2.45. The summed E-state index contributed by atoms with van der Waals surface area (Å²) in [5.41, 5.74) is 0.630. The highest BCUT2D eigenvalue weighted by molar-refractivity contribution is 7.20. The summed E-state index contributed by atoms with van der Waals surface area (Å²) in [5.74, 6) is 0.298. The van der Waals surface area contributed by atoms with Gasteiger partial charge in [0.2, 0.25) is 0 Å². The van der Waals surface area contributed by atoms with Crippen LogP contribution in [0.25, 0.3) is 10.2 Å². The summed E-state index contributed by atoms with van der Waals surface area (Å²) in [6.45, 7) is 6.37. The minimum Gasteiger partial charge on any atom is -0.335 e. The van der Waals surface area contributed by atoms with Crippen LogP contribution >= 0.6 is 11.3 Å². The van der Waals surface area contributed by atoms with E-state index in [1.54, 1.807) is 10.6 Å². The summed E-state index contributed by atoms with van der Waals surface area (Å²) >= 11 is 1.35. The fourth-order valence-electron chi connectivity index (χ4n) is 6.29. The van der Waals surface area contributed by atoms with Crippen LogP contribution in [0.2, 0.25) is 0 Å². The zero-order chi connectivity index (χ0) is 26.6. The number of carbonyl (C=O) groups excluding carboxylic acids is 2. The number of nitrogens with zero attached hydrogens (tertiary/aromatic N) is 5. The Morgan fingerprint density at radius 3 is 2.74 bits per heavy atom. The maximum Gasteiger partial charge on any atom is 0.276 e. The van der Waals surface area contributed by atoms with Gasteiger partial charge in [-0.15, -0.1) is 11.3 Å². The fraction of sp³-hybridized carbons (Fsp3) is 0.519. The van der Waals surface area contributed by atoms with E-state index >= 15 is 0 Å². The number of pyridine rings is 1. The van der Waals surface area contributed by atoms with Gasteiger partial charge < -0.3 is 20.4 Å². The third kappa shape index (κ3) is 3.99. The number of aromatic nitrogens is 3. The molecule has 3 aromatic rings. The second-order valence-corrected chi connectivity index (χ2v) is 11.8. The van der Waals surface area contributed by atoms with Crippen molar-refractivity contribution in [3.8, 4) is 0 Å². The molecule has 1 aliphatic carbocycles. The number of thiophene rings is 1. The monoisotopic (exact) mass is 535 g/mol. The number of aryl methyl sites for hydroxylation is 1. The molecule has 0 unspecified atom stereocenters. The van der Waals surface area contributed by atoms with Gasteiger partial charge in [0.1, 0.15) is 34.0 Å². The molecule has 0 aromatic carbocycles. The van der Waals surface area contributed by atoms with E-state index in [1.807, 2.05) is 17.9 Å². The zero-order valence-corrected chi connectivity index (χ0v) is 22.9. The van der Waals surface area contributed by atoms with E-state index in [0.29, 0.717) is 38.8 Å². The summed E-state index contributed by atoms with van der Waals surface area (Å²) in [4.78, 5) is 54.5. The van der Waals surface area contributed by atoms with Crippen molar-refractivity contribution in [2.45, 2.75) is 64.1 Å². The van der Waals surface area contributed by atoms with Crippen LogP contribution in [0.1, 0.15) is 71.2 Å². The van der Waals surface area contributed by atoms with E-state index in [1.165, 1.54) is 17.7 Å². The van der Waals surface area contributed by atoms with Crippen molar-refractivity contribution >= 4 is 44.9 Å². The second kappa shape index (κ2) is 9.46. The van der Waals surface area contributed by atoms with Gasteiger partial charge in [-0.3, -0.25) is 19.0 Å². The van der Waals surface area contributed by atoms with E-state index < -0.39 is 5.66 Å². The summed E-state index contributed by atoms with van der Waals surface area (Å²) in [5, 5.41) is 7.05. The molecule has 0 radical (unpaired) electrons. The first-order valence-corrected chi connectivity index (χ1v) is 14.2. The molecule has 2 fully saturated rings. The van der Waals surface area contributed by atoms with Gasteiger partial charge in [-0.25, -0.2) is 9.97 Å². The summed E-state index contributed by atoms with van der Waals surface area (Å²) in [6.07, 6.45) is 6.87. The lowest BCUT2D eigenvalue weighted by Crippen LogP contribution is -2.53. The SMILES string of the molecule is CC[C@H]1CN(C)CCN1C(=O)c1cc2c(Nc3cc(C)c4n(c3=O)C3(CCCCC3)NC4=O)ncnc2s1. The Morgan fingerprint density at radius 2 is 1.97 bits per heavy atom. The quantitative estimate of drug-likeness (QED) is 0.526. The van der Waals surface area contributed by atoms with Gasteiger partial charge in [0.05, 0.1) is 10.3 Å². The zero-order valence-electron chi connectivity index (χ0n) is 22.0. The Labute approximate surface area is 225 Å². The molecular weight excluding hydrogens is 502 g/mol. The van der Waals surface area contributed by atoms with Crippen LogP contribution in [0.3, 0.4) is 0 Å². The van der Waals surface area contributed by atoms with E-state index in [-0.39, 0.29) is 23.4 Å². The number of rotatable bonds is 4. The fourth-order valence-corrected chi connectivity index (χ4v) is 7.25. The lowest BCUT2D eigenvalue weighted by Gasteiger charge is -2.39. The smallest absolute Gasteiger partial charge is 0.276 e. The Balaban J connectivity index is 1.36. The van der Waals surface area contributed by atoms with Crippen molar-refractivity contribution in [1.82, 2.24) is 29.7 Å². The van der Waals surface area contributed by atoms with E-state index in [4.69, 9.17) is 0 Å². The molecule has 38 heavy (non-hydrogen) atoms. The van der Waals surface area contributed by atoms with Crippen LogP contribution < -0.4 is 16.2 Å². The van der Waals surface area contributed by atoms with Crippen molar-refractivity contribution in [3.63, 3.8) is 0 Å². The molecule has 1 spiro atoms. The van der Waals surface area contributed by atoms with Gasteiger partial charge >= 0.3 is 0 Å². The molecule has 2 N–H and O–H groups in total. The van der Waals surface area contributed by atoms with Crippen LogP contribution in [0.15, 0.2) is 23.3 Å². The number of nitrogens with one attached hydrogen (secondary N) is 2. The Bertz CT molecular complexity index is 1490. The standard InChI is InChI=1S/C27H33N7O3S/c1-4-17-14-32(3)10-11-33(17)26(37)20-13-18-22(28-15-29-24(18)38-20)30-19-12-16(2)21-23(35)31-27(34(21)25(19)36)8-6-5-7-9-27/h12-13,15,17H,4-11,14H2,1-3H3,(H,31,35)(H,28,29,30)/t17-/m0/s1. The van der Waals surface area contributed by atoms with Crippen LogP contribution in [0, 0.1) is 6.92 Å². The number of fused-ring (bicyclic) bond motifs is 3. The lowest BCUT2D eigenvalue weighted by atomic mass is 9.89. The average molecular weight is 536 g/mol. The molecule has 2 amide bonds. The van der Waals surface area contributed by atoms with Crippen LogP contribution in [-0.2, 0) is 5.66 Å². The lowest BCUT2D eigenvalue weighted by molar-refractivity contribution is 0.0498. The first kappa shape index (κ1) is 25.0. The maximum absolute atomic E-state index is 13.8. The van der Waals surface area contributed by atoms with Crippen LogP contribution in [-0.4, -0.2) is 68.9 Å². The molecule has 3 aliphatic rings. The molecule has 3 aromatic heterocycles. The highest BCUT2D eigenvalue weighted by Crippen LogP contribution is 2.38. The second-order valence-electron chi connectivity index (χ2n) is 10.8. The van der Waals surface area contributed by atoms with Gasteiger partial charge in [0.25, 0.3) is 17.4 Å². The van der Waals surface area contributed by atoms with Gasteiger partial charge in [0.15, 0.2) is 0 Å². The normalized spacial score (nSPS) is 21.1. The molecule has 2 aliphatic heterocycles. The molecular formula is C27H33N7O3S. The molecule has 1 saturated carbocycles. The molecule has 200 valence electrons. The van der Waals surface area contributed by atoms with Crippen molar-refractivity contribution in [2.24, 2.45) is 0 Å². The average Bonchev–Trinajstić information content (AvgIpc) is 3.47. The summed E-state index contributed by atoms with van der Waals surface area (Å²) in [6, 6.07) is 3.73. The minimum absolute atomic E-state index is 0.0103. The molecule has 6 rings (SSSR count). The Hall–Kier alpha value is -3.31. The predicted octanol–water partition coefficient (Wildman–Crippen LogP) is 3.43. The number of likely N-dealkylation sites (N-methyl/N-ethyl adjacent to an activating group) is 1. The van der Waals surface area contributed by atoms with E-state index in [2.05, 4.69) is 39.5 Å². The topological polar surface area (TPSA) is 112 Å². The van der Waals surface area contributed by atoms with Gasteiger partial charge in [0, 0.05) is 25.7 Å². The number of carbonyl (C=O) groups is 2. The number of amides is 2. The molecule has 1 saturated heterocycles. The molecule has 11 heteroatoms. The predicted molar refractivity (Wildman–Crippen MR) is 147 cm³/mol. The Morgan fingerprint density at radius 1 is 1.18 bits per heavy atom. The van der Waals surface area contributed by atoms with E-state index in [9.17, 15) is 14.4 Å². The van der Waals surface area contributed by atoms with E-state index in [0.717, 1.165) is 57.2 Å². The number of hydrogen-bond acceptors (Lipinski definition) is 8. The van der Waals surface area contributed by atoms with Crippen molar-refractivity contribution in [2.75, 3.05) is 32.0 Å². The number of piperazine rings is 1. The largest absolute Gasteiger partial charge is 0.335 e. The van der Waals surface area contributed by atoms with Crippen LogP contribution in [0.4, 0.5) is 11.5 Å². The first-order chi connectivity index (χ1) is 18.3. The molecule has 1 atom stereocenters. The Kier molecular flexibility index (Phi) is 6.22. The van der Waals surface area contributed by atoms with Gasteiger partial charge in [-0.2, -0.15) is 0 Å². The minimum atomic E-state index is -0.661. The van der Waals surface area contributed by atoms with Crippen molar-refractivity contribution < 1.29 is 9.59 Å². The van der Waals surface area contributed by atoms with Crippen molar-refractivity contribution in [3.05, 3.63) is 44.9 Å². The maximum atomic E-state index is 13.8. The van der Waals surface area contributed by atoms with Crippen LogP contribution in [0.5, 0.6) is 0 Å². The highest BCUT2D eigenvalue weighted by atomic mass is 32.1.